The second-order valence-electron chi connectivity index (χ2n) is 4.88. The molecule has 1 aliphatic heterocycles. The zero-order valence-corrected chi connectivity index (χ0v) is 11.0. The molecule has 1 N–H and O–H groups in total. The second kappa shape index (κ2) is 5.35. The number of carbonyl (C=O) groups excluding carboxylic acids is 1. The van der Waals surface area contributed by atoms with E-state index in [1.54, 1.807) is 17.0 Å². The molecule has 1 amide bonds. The van der Waals surface area contributed by atoms with Gasteiger partial charge in [0.05, 0.1) is 12.7 Å². The Kier molecular flexibility index (Phi) is 3.38. The lowest BCUT2D eigenvalue weighted by atomic mass is 9.96. The van der Waals surface area contributed by atoms with Gasteiger partial charge in [0.1, 0.15) is 6.54 Å². The number of hydrogen-bond acceptors (Lipinski definition) is 6. The van der Waals surface area contributed by atoms with Crippen molar-refractivity contribution in [2.45, 2.75) is 13.0 Å². The summed E-state index contributed by atoms with van der Waals surface area (Å²) in [7, 11) is 0. The van der Waals surface area contributed by atoms with Crippen molar-refractivity contribution in [2.24, 2.45) is 5.92 Å². The molecule has 0 saturated carbocycles. The fraction of sp³-hybridized carbons (Fsp3) is 0.417. The fourth-order valence-corrected chi connectivity index (χ4v) is 2.19. The normalized spacial score (nSPS) is 15.0. The van der Waals surface area contributed by atoms with Gasteiger partial charge < -0.3 is 14.4 Å². The predicted molar refractivity (Wildman–Crippen MR) is 67.8 cm³/mol. The van der Waals surface area contributed by atoms with E-state index in [2.05, 4.69) is 15.4 Å². The van der Waals surface area contributed by atoms with Crippen LogP contribution in [-0.2, 0) is 16.1 Å². The Bertz CT molecular complexity index is 644. The Morgan fingerprint density at radius 2 is 2.24 bits per heavy atom. The average molecular weight is 291 g/mol. The number of nitrogens with zero attached hydrogens (tertiary/aromatic N) is 5. The molecule has 21 heavy (non-hydrogen) atoms. The Labute approximate surface area is 119 Å². The first kappa shape index (κ1) is 13.3. The molecule has 1 aliphatic rings. The van der Waals surface area contributed by atoms with E-state index in [4.69, 9.17) is 9.52 Å². The van der Waals surface area contributed by atoms with Crippen LogP contribution in [-0.4, -0.2) is 55.2 Å². The Morgan fingerprint density at radius 3 is 2.90 bits per heavy atom. The predicted octanol–water partition coefficient (Wildman–Crippen LogP) is -0.134. The summed E-state index contributed by atoms with van der Waals surface area (Å²) in [5, 5.41) is 20.3. The summed E-state index contributed by atoms with van der Waals surface area (Å²) in [6, 6.07) is 3.42. The zero-order valence-electron chi connectivity index (χ0n) is 11.0. The van der Waals surface area contributed by atoms with Crippen molar-refractivity contribution in [1.82, 2.24) is 25.1 Å². The lowest BCUT2D eigenvalue weighted by molar-refractivity contribution is -0.145. The standard InChI is InChI=1S/C12H13N5O4/c18-10(16-5-8(6-16)4-11(19)20)7-17-14-12(13-15-17)9-2-1-3-21-9/h1-3,8H,4-7H2,(H,19,20). The highest BCUT2D eigenvalue weighted by Gasteiger charge is 2.32. The number of hydrogen-bond donors (Lipinski definition) is 1. The van der Waals surface area contributed by atoms with Gasteiger partial charge in [-0.2, -0.15) is 4.80 Å². The third kappa shape index (κ3) is 2.91. The molecule has 0 atom stereocenters. The minimum Gasteiger partial charge on any atom is -0.481 e. The first-order valence-corrected chi connectivity index (χ1v) is 6.43. The molecule has 2 aromatic heterocycles. The van der Waals surface area contributed by atoms with Gasteiger partial charge in [-0.15, -0.1) is 10.2 Å². The molecule has 110 valence electrons. The molecule has 0 radical (unpaired) electrons. The number of carboxylic acids is 1. The maximum absolute atomic E-state index is 11.9. The van der Waals surface area contributed by atoms with Crippen LogP contribution >= 0.6 is 0 Å². The molecular formula is C12H13N5O4. The maximum Gasteiger partial charge on any atom is 0.303 e. The van der Waals surface area contributed by atoms with Gasteiger partial charge >= 0.3 is 5.97 Å². The SMILES string of the molecule is O=C(O)CC1CN(C(=O)Cn2nnc(-c3ccco3)n2)C1. The van der Waals surface area contributed by atoms with E-state index < -0.39 is 5.97 Å². The van der Waals surface area contributed by atoms with E-state index in [0.29, 0.717) is 24.7 Å². The molecule has 0 spiro atoms. The highest BCUT2D eigenvalue weighted by atomic mass is 16.4. The summed E-state index contributed by atoms with van der Waals surface area (Å²) in [6.45, 7) is 0.906. The third-order valence-corrected chi connectivity index (χ3v) is 3.24. The van der Waals surface area contributed by atoms with Crippen LogP contribution in [0.15, 0.2) is 22.8 Å². The highest BCUT2D eigenvalue weighted by Crippen LogP contribution is 2.19. The molecule has 0 aromatic carbocycles. The van der Waals surface area contributed by atoms with Crippen LogP contribution in [0.1, 0.15) is 6.42 Å². The van der Waals surface area contributed by atoms with E-state index in [1.807, 2.05) is 0 Å². The van der Waals surface area contributed by atoms with Crippen LogP contribution in [0.25, 0.3) is 11.6 Å². The largest absolute Gasteiger partial charge is 0.481 e. The van der Waals surface area contributed by atoms with Crippen LogP contribution in [0.2, 0.25) is 0 Å². The van der Waals surface area contributed by atoms with Gasteiger partial charge in [0, 0.05) is 19.0 Å². The van der Waals surface area contributed by atoms with Gasteiger partial charge in [-0.1, -0.05) is 0 Å². The third-order valence-electron chi connectivity index (χ3n) is 3.24. The number of carboxylic acid groups (broad SMARTS) is 1. The Hall–Kier alpha value is -2.71. The highest BCUT2D eigenvalue weighted by molar-refractivity contribution is 5.77. The van der Waals surface area contributed by atoms with E-state index >= 15 is 0 Å². The lowest BCUT2D eigenvalue weighted by Crippen LogP contribution is -2.51. The molecule has 2 aromatic rings. The minimum absolute atomic E-state index is 0.0203. The van der Waals surface area contributed by atoms with Crippen molar-refractivity contribution in [3.63, 3.8) is 0 Å². The van der Waals surface area contributed by atoms with Gasteiger partial charge in [0.25, 0.3) is 0 Å². The molecule has 1 fully saturated rings. The number of likely N-dealkylation sites (tertiary alicyclic amines) is 1. The summed E-state index contributed by atoms with van der Waals surface area (Å²) in [5.41, 5.74) is 0. The number of rotatable bonds is 5. The molecule has 0 aliphatic carbocycles. The summed E-state index contributed by atoms with van der Waals surface area (Å²) >= 11 is 0. The van der Waals surface area contributed by atoms with Gasteiger partial charge in [-0.25, -0.2) is 0 Å². The molecule has 9 nitrogen and oxygen atoms in total. The first-order chi connectivity index (χ1) is 10.1. The average Bonchev–Trinajstić information content (AvgIpc) is 3.02. The lowest BCUT2D eigenvalue weighted by Gasteiger charge is -2.38. The molecule has 3 heterocycles. The van der Waals surface area contributed by atoms with Gasteiger partial charge in [0.15, 0.2) is 5.76 Å². The molecule has 0 bridgehead atoms. The van der Waals surface area contributed by atoms with Crippen LogP contribution in [0.5, 0.6) is 0 Å². The van der Waals surface area contributed by atoms with Crippen molar-refractivity contribution < 1.29 is 19.1 Å². The number of carbonyl (C=O) groups is 2. The summed E-state index contributed by atoms with van der Waals surface area (Å²) in [6.07, 6.45) is 1.60. The summed E-state index contributed by atoms with van der Waals surface area (Å²) in [4.78, 5) is 25.3. The maximum atomic E-state index is 11.9. The number of aromatic nitrogens is 4. The Balaban J connectivity index is 1.53. The van der Waals surface area contributed by atoms with Gasteiger partial charge in [0.2, 0.25) is 11.7 Å². The molecular weight excluding hydrogens is 278 g/mol. The van der Waals surface area contributed by atoms with E-state index in [0.717, 1.165) is 0 Å². The molecule has 1 saturated heterocycles. The summed E-state index contributed by atoms with van der Waals surface area (Å²) in [5.74, 6) is -0.152. The zero-order chi connectivity index (χ0) is 14.8. The topological polar surface area (TPSA) is 114 Å². The number of aliphatic carboxylic acids is 1. The van der Waals surface area contributed by atoms with Gasteiger partial charge in [-0.3, -0.25) is 9.59 Å². The second-order valence-corrected chi connectivity index (χ2v) is 4.88. The molecule has 0 unspecified atom stereocenters. The van der Waals surface area contributed by atoms with Crippen LogP contribution in [0.3, 0.4) is 0 Å². The van der Waals surface area contributed by atoms with Crippen molar-refractivity contribution >= 4 is 11.9 Å². The van der Waals surface area contributed by atoms with Crippen LogP contribution < -0.4 is 0 Å². The number of furan rings is 1. The molecule has 3 rings (SSSR count). The van der Waals surface area contributed by atoms with E-state index in [-0.39, 0.29) is 24.8 Å². The smallest absolute Gasteiger partial charge is 0.303 e. The molecule has 9 heteroatoms. The number of tetrazole rings is 1. The minimum atomic E-state index is -0.840. The van der Waals surface area contributed by atoms with E-state index in [9.17, 15) is 9.59 Å². The monoisotopic (exact) mass is 291 g/mol. The van der Waals surface area contributed by atoms with Crippen molar-refractivity contribution in [2.75, 3.05) is 13.1 Å². The quantitative estimate of drug-likeness (QED) is 0.815. The van der Waals surface area contributed by atoms with Crippen LogP contribution in [0.4, 0.5) is 0 Å². The van der Waals surface area contributed by atoms with Crippen molar-refractivity contribution in [1.29, 1.82) is 0 Å². The Morgan fingerprint density at radius 1 is 1.43 bits per heavy atom. The fourth-order valence-electron chi connectivity index (χ4n) is 2.19. The van der Waals surface area contributed by atoms with Crippen molar-refractivity contribution in [3.8, 4) is 11.6 Å². The van der Waals surface area contributed by atoms with E-state index in [1.165, 1.54) is 11.1 Å². The van der Waals surface area contributed by atoms with Crippen LogP contribution in [0, 0.1) is 5.92 Å². The first-order valence-electron chi connectivity index (χ1n) is 6.43. The van der Waals surface area contributed by atoms with Crippen molar-refractivity contribution in [3.05, 3.63) is 18.4 Å². The van der Waals surface area contributed by atoms with Gasteiger partial charge in [-0.05, 0) is 17.3 Å². The summed E-state index contributed by atoms with van der Waals surface area (Å²) < 4.78 is 5.14. The number of amides is 1.